The Bertz CT molecular complexity index is 1330. The molecule has 1 unspecified atom stereocenters. The highest BCUT2D eigenvalue weighted by Gasteiger charge is 2.26. The van der Waals surface area contributed by atoms with Crippen molar-refractivity contribution in [1.82, 2.24) is 0 Å². The second kappa shape index (κ2) is 7.04. The summed E-state index contributed by atoms with van der Waals surface area (Å²) in [7, 11) is 0. The topological polar surface area (TPSA) is 43.1 Å². The molecule has 0 bridgehead atoms. The summed E-state index contributed by atoms with van der Waals surface area (Å²) in [5.41, 5.74) is 11.0. The molecule has 2 N–H and O–H groups in total. The van der Waals surface area contributed by atoms with E-state index in [2.05, 4.69) is 49.4 Å². The number of ketones is 1. The predicted octanol–water partition coefficient (Wildman–Crippen LogP) is 4.21. The summed E-state index contributed by atoms with van der Waals surface area (Å²) in [5, 5.41) is 5.12. The Kier molecular flexibility index (Phi) is 4.35. The monoisotopic (exact) mass is 379 g/mol. The molecule has 0 spiro atoms. The zero-order chi connectivity index (χ0) is 20.0. The van der Waals surface area contributed by atoms with Gasteiger partial charge in [0.15, 0.2) is 5.78 Å². The van der Waals surface area contributed by atoms with E-state index in [-0.39, 0.29) is 5.78 Å². The molecule has 0 saturated heterocycles. The van der Waals surface area contributed by atoms with Crippen LogP contribution in [0.1, 0.15) is 53.6 Å². The Morgan fingerprint density at radius 3 is 2.52 bits per heavy atom. The molecule has 2 aliphatic carbocycles. The quantitative estimate of drug-likeness (QED) is 0.547. The summed E-state index contributed by atoms with van der Waals surface area (Å²) in [6.45, 7) is 2.26. The van der Waals surface area contributed by atoms with Crippen LogP contribution in [0.25, 0.3) is 11.6 Å². The highest BCUT2D eigenvalue weighted by molar-refractivity contribution is 6.24. The number of Topliss-reactive ketones (excluding diaryl/α,β-unsaturated/α-hetero) is 1. The third kappa shape index (κ3) is 2.91. The maximum absolute atomic E-state index is 13.3. The lowest BCUT2D eigenvalue weighted by Gasteiger charge is -2.27. The summed E-state index contributed by atoms with van der Waals surface area (Å²) in [5.74, 6) is 0.655. The molecule has 144 valence electrons. The Morgan fingerprint density at radius 2 is 1.72 bits per heavy atom. The van der Waals surface area contributed by atoms with Gasteiger partial charge >= 0.3 is 0 Å². The van der Waals surface area contributed by atoms with E-state index in [1.165, 1.54) is 26.8 Å². The highest BCUT2D eigenvalue weighted by Crippen LogP contribution is 2.33. The number of fused-ring (bicyclic) bond motifs is 4. The van der Waals surface area contributed by atoms with E-state index >= 15 is 0 Å². The summed E-state index contributed by atoms with van der Waals surface area (Å²) >= 11 is 0. The van der Waals surface area contributed by atoms with Gasteiger partial charge in [0, 0.05) is 16.8 Å². The summed E-state index contributed by atoms with van der Waals surface area (Å²) in [4.78, 5) is 13.3. The maximum Gasteiger partial charge on any atom is 0.189 e. The minimum atomic E-state index is 0.140. The van der Waals surface area contributed by atoms with E-state index in [4.69, 9.17) is 5.73 Å². The van der Waals surface area contributed by atoms with Gasteiger partial charge in [-0.3, -0.25) is 4.79 Å². The van der Waals surface area contributed by atoms with Gasteiger partial charge < -0.3 is 5.73 Å². The molecule has 0 saturated carbocycles. The lowest BCUT2D eigenvalue weighted by Crippen LogP contribution is -2.28. The van der Waals surface area contributed by atoms with Crippen molar-refractivity contribution in [2.45, 2.75) is 38.5 Å². The zero-order valence-corrected chi connectivity index (χ0v) is 16.7. The number of carbonyl (C=O) groups is 1. The van der Waals surface area contributed by atoms with Crippen molar-refractivity contribution in [2.24, 2.45) is 0 Å². The van der Waals surface area contributed by atoms with Crippen LogP contribution < -0.4 is 16.2 Å². The summed E-state index contributed by atoms with van der Waals surface area (Å²) in [6.07, 6.45) is 6.26. The van der Waals surface area contributed by atoms with Crippen molar-refractivity contribution >= 4 is 23.1 Å². The van der Waals surface area contributed by atoms with E-state index < -0.39 is 0 Å². The minimum Gasteiger partial charge on any atom is -0.399 e. The van der Waals surface area contributed by atoms with E-state index in [9.17, 15) is 4.79 Å². The van der Waals surface area contributed by atoms with Gasteiger partial charge in [-0.15, -0.1) is 0 Å². The number of anilines is 1. The number of hydrogen-bond donors (Lipinski definition) is 1. The predicted molar refractivity (Wildman–Crippen MR) is 119 cm³/mol. The first-order valence-electron chi connectivity index (χ1n) is 10.5. The number of nitrogens with two attached hydrogens (primary N) is 1. The maximum atomic E-state index is 13.3. The Labute approximate surface area is 170 Å². The highest BCUT2D eigenvalue weighted by atomic mass is 16.1. The Hall–Kier alpha value is -3.13. The molecular formula is C27H25NO. The van der Waals surface area contributed by atoms with Crippen molar-refractivity contribution in [2.75, 3.05) is 5.73 Å². The summed E-state index contributed by atoms with van der Waals surface area (Å²) in [6, 6.07) is 20.4. The van der Waals surface area contributed by atoms with Crippen LogP contribution in [0, 0.1) is 10.4 Å². The molecule has 2 nitrogen and oxygen atoms in total. The van der Waals surface area contributed by atoms with Crippen molar-refractivity contribution in [1.29, 1.82) is 0 Å². The molecule has 0 aromatic heterocycles. The molecule has 29 heavy (non-hydrogen) atoms. The molecule has 0 amide bonds. The van der Waals surface area contributed by atoms with Crippen molar-refractivity contribution in [3.8, 4) is 0 Å². The molecule has 3 aromatic carbocycles. The lowest BCUT2D eigenvalue weighted by atomic mass is 9.77. The van der Waals surface area contributed by atoms with Crippen LogP contribution in [0.4, 0.5) is 5.69 Å². The first kappa shape index (κ1) is 17.9. The number of carbonyl (C=O) groups excluding carboxylic acids is 1. The van der Waals surface area contributed by atoms with Crippen LogP contribution in [0.5, 0.6) is 0 Å². The van der Waals surface area contributed by atoms with E-state index in [1.54, 1.807) is 0 Å². The fourth-order valence-electron chi connectivity index (χ4n) is 5.05. The average molecular weight is 380 g/mol. The number of nitrogen functional groups attached to an aromatic ring is 1. The van der Waals surface area contributed by atoms with E-state index in [0.717, 1.165) is 42.0 Å². The largest absolute Gasteiger partial charge is 0.399 e. The molecule has 0 heterocycles. The van der Waals surface area contributed by atoms with Crippen molar-refractivity contribution < 1.29 is 4.79 Å². The Balaban J connectivity index is 1.81. The van der Waals surface area contributed by atoms with Gasteiger partial charge in [0.05, 0.1) is 0 Å². The van der Waals surface area contributed by atoms with Gasteiger partial charge in [-0.05, 0) is 87.9 Å². The smallest absolute Gasteiger partial charge is 0.189 e. The van der Waals surface area contributed by atoms with Crippen LogP contribution in [-0.2, 0) is 6.42 Å². The summed E-state index contributed by atoms with van der Waals surface area (Å²) < 4.78 is 0. The van der Waals surface area contributed by atoms with Crippen molar-refractivity contribution in [3.63, 3.8) is 0 Å². The second-order valence-corrected chi connectivity index (χ2v) is 8.12. The molecule has 0 radical (unpaired) electrons. The Morgan fingerprint density at radius 1 is 0.966 bits per heavy atom. The molecule has 0 fully saturated rings. The second-order valence-electron chi connectivity index (χ2n) is 8.12. The lowest BCUT2D eigenvalue weighted by molar-refractivity contribution is 0.105. The van der Waals surface area contributed by atoms with Crippen LogP contribution in [0.15, 0.2) is 60.7 Å². The fraction of sp³-hybridized carbons (Fsp3) is 0.222. The molecule has 5 rings (SSSR count). The average Bonchev–Trinajstić information content (AvgIpc) is 2.77. The molecule has 1 atom stereocenters. The third-order valence-electron chi connectivity index (χ3n) is 6.55. The van der Waals surface area contributed by atoms with E-state index in [1.807, 2.05) is 24.3 Å². The first-order valence-corrected chi connectivity index (χ1v) is 10.5. The SMILES string of the molecule is CCC1CCC(C(=O)c2ccc(N)cc2)=c2ccc3c(c21)CC=c1ccccc1=3. The van der Waals surface area contributed by atoms with Gasteiger partial charge in [-0.25, -0.2) is 0 Å². The van der Waals surface area contributed by atoms with Gasteiger partial charge in [0.1, 0.15) is 0 Å². The molecule has 0 aliphatic heterocycles. The van der Waals surface area contributed by atoms with Gasteiger partial charge in [-0.2, -0.15) is 0 Å². The van der Waals surface area contributed by atoms with Crippen molar-refractivity contribution in [3.05, 3.63) is 98.2 Å². The van der Waals surface area contributed by atoms with Gasteiger partial charge in [0.25, 0.3) is 0 Å². The molecule has 3 aromatic rings. The molecular weight excluding hydrogens is 354 g/mol. The van der Waals surface area contributed by atoms with Gasteiger partial charge in [0.2, 0.25) is 0 Å². The van der Waals surface area contributed by atoms with Crippen LogP contribution in [0.3, 0.4) is 0 Å². The normalized spacial score (nSPS) is 17.0. The number of hydrogen-bond acceptors (Lipinski definition) is 2. The fourth-order valence-corrected chi connectivity index (χ4v) is 5.05. The zero-order valence-electron chi connectivity index (χ0n) is 16.7. The molecule has 2 aliphatic rings. The number of rotatable bonds is 3. The first-order chi connectivity index (χ1) is 14.2. The minimum absolute atomic E-state index is 0.140. The van der Waals surface area contributed by atoms with Crippen LogP contribution in [-0.4, -0.2) is 5.78 Å². The van der Waals surface area contributed by atoms with E-state index in [0.29, 0.717) is 11.6 Å². The standard InChI is InChI=1S/C27H25NO/c1-2-17-9-14-25(27(29)19-7-11-20(28)12-8-19)24-16-15-22-21-6-4-3-5-18(21)10-13-23(22)26(17)24/h3-8,10-12,15-17H,2,9,13-14,28H2,1H3. The number of benzene rings is 3. The van der Waals surface area contributed by atoms with Crippen LogP contribution in [0.2, 0.25) is 0 Å². The third-order valence-corrected chi connectivity index (χ3v) is 6.55. The van der Waals surface area contributed by atoms with Crippen LogP contribution >= 0.6 is 0 Å². The molecule has 2 heteroatoms. The van der Waals surface area contributed by atoms with Gasteiger partial charge in [-0.1, -0.05) is 49.4 Å².